The monoisotopic (exact) mass is 300 g/mol. The maximum Gasteiger partial charge on any atom is 0.414 e. The van der Waals surface area contributed by atoms with E-state index in [1.807, 2.05) is 12.1 Å². The van der Waals surface area contributed by atoms with Crippen molar-refractivity contribution in [2.75, 3.05) is 18.0 Å². The van der Waals surface area contributed by atoms with Crippen molar-refractivity contribution in [1.82, 2.24) is 5.32 Å². The Morgan fingerprint density at radius 1 is 1.45 bits per heavy atom. The Morgan fingerprint density at radius 2 is 2.32 bits per heavy atom. The van der Waals surface area contributed by atoms with Crippen molar-refractivity contribution in [3.63, 3.8) is 0 Å². The molecule has 0 bridgehead atoms. The van der Waals surface area contributed by atoms with Crippen molar-refractivity contribution in [1.29, 1.82) is 0 Å². The van der Waals surface area contributed by atoms with Crippen molar-refractivity contribution >= 4 is 23.8 Å². The third-order valence-corrected chi connectivity index (χ3v) is 4.01. The van der Waals surface area contributed by atoms with Crippen LogP contribution in [0.5, 0.6) is 0 Å². The summed E-state index contributed by atoms with van der Waals surface area (Å²) in [5, 5.41) is 2.68. The number of nitrogens with zero attached hydrogens (tertiary/aromatic N) is 1. The number of fused-ring (bicyclic) bond motifs is 1. The van der Waals surface area contributed by atoms with Crippen LogP contribution in [-0.2, 0) is 16.0 Å². The fourth-order valence-corrected chi connectivity index (χ4v) is 2.85. The molecule has 1 N–H and O–H groups in total. The first-order valence-corrected chi connectivity index (χ1v) is 7.65. The van der Waals surface area contributed by atoms with Gasteiger partial charge in [-0.05, 0) is 42.5 Å². The largest absolute Gasteiger partial charge is 0.442 e. The Hall–Kier alpha value is -2.30. The number of benzene rings is 1. The van der Waals surface area contributed by atoms with Gasteiger partial charge in [-0.25, -0.2) is 4.79 Å². The van der Waals surface area contributed by atoms with Gasteiger partial charge < -0.3 is 10.1 Å². The molecule has 1 aliphatic heterocycles. The first kappa shape index (κ1) is 14.6. The highest BCUT2D eigenvalue weighted by atomic mass is 16.6. The zero-order valence-corrected chi connectivity index (χ0v) is 12.7. The minimum Gasteiger partial charge on any atom is -0.442 e. The number of nitrogens with one attached hydrogen (secondary N) is 1. The van der Waals surface area contributed by atoms with Crippen LogP contribution in [0, 0.1) is 0 Å². The van der Waals surface area contributed by atoms with Gasteiger partial charge in [-0.2, -0.15) is 0 Å². The van der Waals surface area contributed by atoms with Gasteiger partial charge in [0.2, 0.25) is 5.91 Å². The van der Waals surface area contributed by atoms with Crippen molar-refractivity contribution < 1.29 is 14.3 Å². The molecule has 1 saturated heterocycles. The van der Waals surface area contributed by atoms with E-state index in [0.717, 1.165) is 24.9 Å². The van der Waals surface area contributed by atoms with E-state index < -0.39 is 0 Å². The summed E-state index contributed by atoms with van der Waals surface area (Å²) >= 11 is 0. The molecule has 116 valence electrons. The highest BCUT2D eigenvalue weighted by molar-refractivity contribution is 5.90. The molecule has 0 spiro atoms. The van der Waals surface area contributed by atoms with Gasteiger partial charge in [-0.15, -0.1) is 0 Å². The van der Waals surface area contributed by atoms with Crippen molar-refractivity contribution in [3.05, 3.63) is 35.4 Å². The van der Waals surface area contributed by atoms with E-state index in [1.54, 1.807) is 4.90 Å². The lowest BCUT2D eigenvalue weighted by molar-refractivity contribution is -0.119. The van der Waals surface area contributed by atoms with Crippen LogP contribution >= 0.6 is 0 Å². The van der Waals surface area contributed by atoms with E-state index in [4.69, 9.17) is 4.74 Å². The molecule has 1 unspecified atom stereocenters. The predicted octanol–water partition coefficient (Wildman–Crippen LogP) is 2.50. The molecule has 22 heavy (non-hydrogen) atoms. The standard InChI is InChI=1S/C17H20N2O3/c1-12(20)18-10-16-11-19(17(21)22-16)15-8-7-13-5-3-2-4-6-14(13)9-15/h4,6-9,16H,2-3,5,10-11H2,1H3,(H,18,20). The Kier molecular flexibility index (Phi) is 4.13. The second kappa shape index (κ2) is 6.22. The minimum absolute atomic E-state index is 0.121. The topological polar surface area (TPSA) is 58.6 Å². The summed E-state index contributed by atoms with van der Waals surface area (Å²) in [4.78, 5) is 24.6. The number of carbonyl (C=O) groups is 2. The number of rotatable bonds is 3. The second-order valence-electron chi connectivity index (χ2n) is 5.73. The Labute approximate surface area is 129 Å². The van der Waals surface area contributed by atoms with E-state index in [0.29, 0.717) is 13.1 Å². The molecule has 5 heteroatoms. The van der Waals surface area contributed by atoms with Gasteiger partial charge in [0.15, 0.2) is 0 Å². The Morgan fingerprint density at radius 3 is 3.14 bits per heavy atom. The fraction of sp³-hybridized carbons (Fsp3) is 0.412. The number of cyclic esters (lactones) is 1. The molecule has 0 radical (unpaired) electrons. The Balaban J connectivity index is 1.75. The summed E-state index contributed by atoms with van der Waals surface area (Å²) in [6.07, 6.45) is 6.97. The molecule has 5 nitrogen and oxygen atoms in total. The average Bonchev–Trinajstić information content (AvgIpc) is 2.71. The van der Waals surface area contributed by atoms with Crippen molar-refractivity contribution in [2.24, 2.45) is 0 Å². The zero-order chi connectivity index (χ0) is 15.5. The molecule has 1 atom stereocenters. The summed E-state index contributed by atoms with van der Waals surface area (Å²) in [5.41, 5.74) is 3.34. The highest BCUT2D eigenvalue weighted by Crippen LogP contribution is 2.27. The number of hydrogen-bond acceptors (Lipinski definition) is 3. The van der Waals surface area contributed by atoms with Crippen molar-refractivity contribution in [3.8, 4) is 0 Å². The van der Waals surface area contributed by atoms with Crippen LogP contribution in [0.25, 0.3) is 6.08 Å². The molecular weight excluding hydrogens is 280 g/mol. The first-order chi connectivity index (χ1) is 10.6. The van der Waals surface area contributed by atoms with Crippen LogP contribution in [0.1, 0.15) is 30.9 Å². The van der Waals surface area contributed by atoms with Crippen LogP contribution in [-0.4, -0.2) is 31.2 Å². The number of ether oxygens (including phenoxy) is 1. The SMILES string of the molecule is CC(=O)NCC1CN(c2ccc3c(c2)C=CCCC3)C(=O)O1. The van der Waals surface area contributed by atoms with Gasteiger partial charge in [0.1, 0.15) is 6.10 Å². The lowest BCUT2D eigenvalue weighted by Crippen LogP contribution is -2.33. The predicted molar refractivity (Wildman–Crippen MR) is 84.7 cm³/mol. The molecule has 1 aromatic carbocycles. The summed E-state index contributed by atoms with van der Waals surface area (Å²) in [5.74, 6) is -0.121. The van der Waals surface area contributed by atoms with Crippen molar-refractivity contribution in [2.45, 2.75) is 32.3 Å². The maximum absolute atomic E-state index is 12.0. The van der Waals surface area contributed by atoms with Gasteiger partial charge in [-0.3, -0.25) is 9.69 Å². The number of hydrogen-bond donors (Lipinski definition) is 1. The van der Waals surface area contributed by atoms with Gasteiger partial charge in [-0.1, -0.05) is 18.2 Å². The summed E-state index contributed by atoms with van der Waals surface area (Å²) < 4.78 is 5.30. The summed E-state index contributed by atoms with van der Waals surface area (Å²) in [6, 6.07) is 6.11. The van der Waals surface area contributed by atoms with E-state index in [1.165, 1.54) is 18.1 Å². The molecule has 1 fully saturated rings. The summed E-state index contributed by atoms with van der Waals surface area (Å²) in [6.45, 7) is 2.26. The van der Waals surface area contributed by atoms with Crippen LogP contribution in [0.2, 0.25) is 0 Å². The molecule has 3 rings (SSSR count). The fourth-order valence-electron chi connectivity index (χ4n) is 2.85. The third-order valence-electron chi connectivity index (χ3n) is 4.01. The highest BCUT2D eigenvalue weighted by Gasteiger charge is 2.32. The zero-order valence-electron chi connectivity index (χ0n) is 12.7. The first-order valence-electron chi connectivity index (χ1n) is 7.65. The van der Waals surface area contributed by atoms with E-state index in [-0.39, 0.29) is 18.1 Å². The molecule has 1 aliphatic carbocycles. The quantitative estimate of drug-likeness (QED) is 0.933. The van der Waals surface area contributed by atoms with Crippen LogP contribution < -0.4 is 10.2 Å². The molecule has 0 aromatic heterocycles. The normalized spacial score (nSPS) is 20.3. The van der Waals surface area contributed by atoms with Gasteiger partial charge in [0, 0.05) is 12.6 Å². The lowest BCUT2D eigenvalue weighted by atomic mass is 10.0. The number of carbonyl (C=O) groups excluding carboxylic acids is 2. The molecular formula is C17H20N2O3. The number of amides is 2. The number of allylic oxidation sites excluding steroid dienone is 1. The second-order valence-corrected chi connectivity index (χ2v) is 5.73. The smallest absolute Gasteiger partial charge is 0.414 e. The summed E-state index contributed by atoms with van der Waals surface area (Å²) in [7, 11) is 0. The molecule has 0 saturated carbocycles. The molecule has 1 heterocycles. The lowest BCUT2D eigenvalue weighted by Gasteiger charge is -2.15. The van der Waals surface area contributed by atoms with Crippen LogP contribution in [0.15, 0.2) is 24.3 Å². The van der Waals surface area contributed by atoms with Crippen LogP contribution in [0.4, 0.5) is 10.5 Å². The van der Waals surface area contributed by atoms with Gasteiger partial charge >= 0.3 is 6.09 Å². The third kappa shape index (κ3) is 3.13. The van der Waals surface area contributed by atoms with E-state index >= 15 is 0 Å². The van der Waals surface area contributed by atoms with Gasteiger partial charge in [0.05, 0.1) is 13.1 Å². The Bertz CT molecular complexity index is 624. The molecule has 1 aromatic rings. The number of anilines is 1. The van der Waals surface area contributed by atoms with Crippen LogP contribution in [0.3, 0.4) is 0 Å². The number of aryl methyl sites for hydroxylation is 1. The maximum atomic E-state index is 12.0. The van der Waals surface area contributed by atoms with E-state index in [9.17, 15) is 9.59 Å². The minimum atomic E-state index is -0.354. The molecule has 2 amide bonds. The molecule has 2 aliphatic rings. The van der Waals surface area contributed by atoms with Gasteiger partial charge in [0.25, 0.3) is 0 Å². The average molecular weight is 300 g/mol. The van der Waals surface area contributed by atoms with E-state index in [2.05, 4.69) is 23.5 Å².